The van der Waals surface area contributed by atoms with Crippen molar-refractivity contribution in [1.29, 1.82) is 0 Å². The molecule has 0 atom stereocenters. The van der Waals surface area contributed by atoms with Crippen LogP contribution in [0.3, 0.4) is 0 Å². The Morgan fingerprint density at radius 1 is 1.04 bits per heavy atom. The van der Waals surface area contributed by atoms with E-state index < -0.39 is 0 Å². The Bertz CT molecular complexity index is 855. The van der Waals surface area contributed by atoms with Crippen LogP contribution in [0.15, 0.2) is 52.3 Å². The first-order valence-electron chi connectivity index (χ1n) is 9.18. The predicted molar refractivity (Wildman–Crippen MR) is 104 cm³/mol. The summed E-state index contributed by atoms with van der Waals surface area (Å²) >= 11 is 1.78. The maximum absolute atomic E-state index is 12.5. The van der Waals surface area contributed by atoms with E-state index in [1.54, 1.807) is 11.3 Å². The lowest BCUT2D eigenvalue weighted by Crippen LogP contribution is -2.48. The second kappa shape index (κ2) is 8.45. The Kier molecular flexibility index (Phi) is 5.60. The third-order valence-corrected chi connectivity index (χ3v) is 5.59. The SMILES string of the molecule is O=C(CCc1nnc(-c2ccccc2)o1)N1CCN(Cc2cccs2)CC1. The first-order chi connectivity index (χ1) is 13.3. The molecule has 27 heavy (non-hydrogen) atoms. The minimum atomic E-state index is 0.158. The summed E-state index contributed by atoms with van der Waals surface area (Å²) in [5.41, 5.74) is 0.893. The van der Waals surface area contributed by atoms with Gasteiger partial charge in [0.25, 0.3) is 0 Å². The Morgan fingerprint density at radius 2 is 1.85 bits per heavy atom. The van der Waals surface area contributed by atoms with Crippen LogP contribution in [0.5, 0.6) is 0 Å². The molecule has 0 spiro atoms. The van der Waals surface area contributed by atoms with E-state index in [0.717, 1.165) is 38.3 Å². The van der Waals surface area contributed by atoms with Gasteiger partial charge in [0.1, 0.15) is 0 Å². The number of rotatable bonds is 6. The Morgan fingerprint density at radius 3 is 2.59 bits per heavy atom. The molecule has 140 valence electrons. The minimum absolute atomic E-state index is 0.158. The molecule has 0 N–H and O–H groups in total. The maximum atomic E-state index is 12.5. The molecular formula is C20H22N4O2S. The number of amides is 1. The molecule has 1 aliphatic rings. The number of aromatic nitrogens is 2. The number of carbonyl (C=O) groups excluding carboxylic acids is 1. The average Bonchev–Trinajstić information content (AvgIpc) is 3.39. The maximum Gasteiger partial charge on any atom is 0.247 e. The van der Waals surface area contributed by atoms with Crippen LogP contribution in [0.1, 0.15) is 17.2 Å². The van der Waals surface area contributed by atoms with E-state index in [9.17, 15) is 4.79 Å². The van der Waals surface area contributed by atoms with E-state index in [1.807, 2.05) is 35.2 Å². The van der Waals surface area contributed by atoms with Gasteiger partial charge in [-0.05, 0) is 23.6 Å². The van der Waals surface area contributed by atoms with E-state index >= 15 is 0 Å². The van der Waals surface area contributed by atoms with Crippen molar-refractivity contribution in [3.05, 3.63) is 58.6 Å². The van der Waals surface area contributed by atoms with Crippen LogP contribution in [-0.2, 0) is 17.8 Å². The van der Waals surface area contributed by atoms with E-state index in [0.29, 0.717) is 24.6 Å². The molecule has 4 rings (SSSR count). The van der Waals surface area contributed by atoms with Crippen molar-refractivity contribution in [3.63, 3.8) is 0 Å². The number of thiophene rings is 1. The average molecular weight is 382 g/mol. The molecular weight excluding hydrogens is 360 g/mol. The zero-order valence-electron chi connectivity index (χ0n) is 15.1. The van der Waals surface area contributed by atoms with E-state index in [1.165, 1.54) is 4.88 Å². The van der Waals surface area contributed by atoms with Crippen molar-refractivity contribution >= 4 is 17.2 Å². The number of hydrogen-bond donors (Lipinski definition) is 0. The summed E-state index contributed by atoms with van der Waals surface area (Å²) in [6, 6.07) is 13.9. The Balaban J connectivity index is 1.24. The molecule has 1 saturated heterocycles. The topological polar surface area (TPSA) is 62.5 Å². The van der Waals surface area contributed by atoms with Gasteiger partial charge in [-0.1, -0.05) is 24.3 Å². The third-order valence-electron chi connectivity index (χ3n) is 4.72. The fourth-order valence-electron chi connectivity index (χ4n) is 3.20. The first-order valence-corrected chi connectivity index (χ1v) is 10.1. The molecule has 0 unspecified atom stereocenters. The zero-order valence-corrected chi connectivity index (χ0v) is 15.9. The van der Waals surface area contributed by atoms with Gasteiger partial charge in [-0.2, -0.15) is 0 Å². The van der Waals surface area contributed by atoms with Crippen molar-refractivity contribution in [2.45, 2.75) is 19.4 Å². The summed E-state index contributed by atoms with van der Waals surface area (Å²) in [5, 5.41) is 10.3. The molecule has 2 aromatic heterocycles. The normalized spacial score (nSPS) is 15.2. The third kappa shape index (κ3) is 4.61. The highest BCUT2D eigenvalue weighted by atomic mass is 32.1. The standard InChI is InChI=1S/C20H22N4O2S/c25-19(24-12-10-23(11-13-24)15-17-7-4-14-27-17)9-8-18-21-22-20(26-18)16-5-2-1-3-6-16/h1-7,14H,8-13,15H2. The molecule has 6 nitrogen and oxygen atoms in total. The van der Waals surface area contributed by atoms with Gasteiger partial charge in [-0.3, -0.25) is 9.69 Å². The van der Waals surface area contributed by atoms with Crippen LogP contribution < -0.4 is 0 Å². The lowest BCUT2D eigenvalue weighted by atomic mass is 10.2. The highest BCUT2D eigenvalue weighted by Gasteiger charge is 2.21. The fraction of sp³-hybridized carbons (Fsp3) is 0.350. The lowest BCUT2D eigenvalue weighted by molar-refractivity contribution is -0.133. The number of hydrogen-bond acceptors (Lipinski definition) is 6. The summed E-state index contributed by atoms with van der Waals surface area (Å²) in [7, 11) is 0. The first kappa shape index (κ1) is 17.9. The van der Waals surface area contributed by atoms with Crippen molar-refractivity contribution in [2.24, 2.45) is 0 Å². The fourth-order valence-corrected chi connectivity index (χ4v) is 3.95. The van der Waals surface area contributed by atoms with Gasteiger partial charge in [0.15, 0.2) is 0 Å². The van der Waals surface area contributed by atoms with Gasteiger partial charge in [-0.15, -0.1) is 21.5 Å². The second-order valence-electron chi connectivity index (χ2n) is 6.60. The van der Waals surface area contributed by atoms with Gasteiger partial charge in [0, 0.05) is 56.0 Å². The van der Waals surface area contributed by atoms with Crippen LogP contribution in [0.4, 0.5) is 0 Å². The van der Waals surface area contributed by atoms with Crippen LogP contribution >= 0.6 is 11.3 Å². The smallest absolute Gasteiger partial charge is 0.247 e. The van der Waals surface area contributed by atoms with E-state index in [4.69, 9.17) is 4.42 Å². The molecule has 1 fully saturated rings. The van der Waals surface area contributed by atoms with Gasteiger partial charge < -0.3 is 9.32 Å². The van der Waals surface area contributed by atoms with Crippen molar-refractivity contribution in [2.75, 3.05) is 26.2 Å². The van der Waals surface area contributed by atoms with Crippen molar-refractivity contribution < 1.29 is 9.21 Å². The number of benzene rings is 1. The monoisotopic (exact) mass is 382 g/mol. The largest absolute Gasteiger partial charge is 0.421 e. The van der Waals surface area contributed by atoms with Gasteiger partial charge in [0.05, 0.1) is 0 Å². The van der Waals surface area contributed by atoms with Gasteiger partial charge in [0.2, 0.25) is 17.7 Å². The second-order valence-corrected chi connectivity index (χ2v) is 7.64. The van der Waals surface area contributed by atoms with Crippen molar-refractivity contribution in [3.8, 4) is 11.5 Å². The molecule has 0 saturated carbocycles. The van der Waals surface area contributed by atoms with Crippen molar-refractivity contribution in [1.82, 2.24) is 20.0 Å². The molecule has 0 bridgehead atoms. The van der Waals surface area contributed by atoms with Crippen LogP contribution in [0, 0.1) is 0 Å². The quantitative estimate of drug-likeness (QED) is 0.656. The Hall–Kier alpha value is -2.51. The van der Waals surface area contributed by atoms with Gasteiger partial charge in [-0.25, -0.2) is 0 Å². The van der Waals surface area contributed by atoms with Crippen LogP contribution in [0.2, 0.25) is 0 Å². The minimum Gasteiger partial charge on any atom is -0.421 e. The van der Waals surface area contributed by atoms with Gasteiger partial charge >= 0.3 is 0 Å². The highest BCUT2D eigenvalue weighted by Crippen LogP contribution is 2.18. The van der Waals surface area contributed by atoms with Crippen LogP contribution in [0.25, 0.3) is 11.5 Å². The summed E-state index contributed by atoms with van der Waals surface area (Å²) in [6.45, 7) is 4.38. The summed E-state index contributed by atoms with van der Waals surface area (Å²) < 4.78 is 5.68. The lowest BCUT2D eigenvalue weighted by Gasteiger charge is -2.34. The zero-order chi connectivity index (χ0) is 18.5. The van der Waals surface area contributed by atoms with E-state index in [-0.39, 0.29) is 5.91 Å². The summed E-state index contributed by atoms with van der Waals surface area (Å²) in [6.07, 6.45) is 0.884. The van der Waals surface area contributed by atoms with Crippen LogP contribution in [-0.4, -0.2) is 52.1 Å². The highest BCUT2D eigenvalue weighted by molar-refractivity contribution is 7.09. The number of carbonyl (C=O) groups is 1. The molecule has 3 aromatic rings. The molecule has 0 radical (unpaired) electrons. The summed E-state index contributed by atoms with van der Waals surface area (Å²) in [4.78, 5) is 18.2. The molecule has 1 aromatic carbocycles. The number of aryl methyl sites for hydroxylation is 1. The molecule has 1 amide bonds. The predicted octanol–water partition coefficient (Wildman–Crippen LogP) is 3.08. The summed E-state index contributed by atoms with van der Waals surface area (Å²) in [5.74, 6) is 1.17. The number of piperazine rings is 1. The molecule has 1 aliphatic heterocycles. The molecule has 3 heterocycles. The van der Waals surface area contributed by atoms with E-state index in [2.05, 4.69) is 32.6 Å². The molecule has 0 aliphatic carbocycles. The number of nitrogens with zero attached hydrogens (tertiary/aromatic N) is 4. The molecule has 7 heteroatoms. The Labute approximate surface area is 162 Å².